The van der Waals surface area contributed by atoms with E-state index in [4.69, 9.17) is 4.74 Å². The molecule has 0 radical (unpaired) electrons. The summed E-state index contributed by atoms with van der Waals surface area (Å²) < 4.78 is 4.97. The summed E-state index contributed by atoms with van der Waals surface area (Å²) in [5, 5.41) is 4.79. The van der Waals surface area contributed by atoms with Crippen LogP contribution in [0.25, 0.3) is 10.9 Å². The lowest BCUT2D eigenvalue weighted by Crippen LogP contribution is -2.32. The van der Waals surface area contributed by atoms with E-state index < -0.39 is 0 Å². The average molecular weight is 318 g/mol. The van der Waals surface area contributed by atoms with Crippen LogP contribution in [0.15, 0.2) is 35.4 Å². The van der Waals surface area contributed by atoms with Gasteiger partial charge in [-0.3, -0.25) is 4.79 Å². The van der Waals surface area contributed by atoms with E-state index in [0.29, 0.717) is 13.2 Å². The fraction of sp³-hybridized carbons (Fsp3) is 0.412. The zero-order valence-corrected chi connectivity index (χ0v) is 14.1. The number of carbonyl (C=O) groups is 1. The van der Waals surface area contributed by atoms with Crippen LogP contribution in [0.1, 0.15) is 18.9 Å². The summed E-state index contributed by atoms with van der Waals surface area (Å²) in [6.07, 6.45) is 0.826. The molecular weight excluding hydrogens is 296 g/mol. The predicted octanol–water partition coefficient (Wildman–Crippen LogP) is 3.18. The van der Waals surface area contributed by atoms with E-state index in [1.54, 1.807) is 7.11 Å². The minimum Gasteiger partial charge on any atom is -0.385 e. The van der Waals surface area contributed by atoms with Gasteiger partial charge < -0.3 is 10.1 Å². The number of carbonyl (C=O) groups excluding carboxylic acids is 1. The highest BCUT2D eigenvalue weighted by atomic mass is 32.2. The second-order valence-corrected chi connectivity index (χ2v) is 6.55. The van der Waals surface area contributed by atoms with Crippen molar-refractivity contribution in [2.24, 2.45) is 0 Å². The van der Waals surface area contributed by atoms with Crippen LogP contribution < -0.4 is 5.32 Å². The fourth-order valence-corrected chi connectivity index (χ4v) is 3.13. The maximum absolute atomic E-state index is 12.1. The quantitative estimate of drug-likeness (QED) is 0.629. The molecule has 0 aliphatic rings. The van der Waals surface area contributed by atoms with Gasteiger partial charge in [0.1, 0.15) is 0 Å². The molecule has 1 amide bonds. The highest BCUT2D eigenvalue weighted by Crippen LogP contribution is 2.26. The number of hydrogen-bond acceptors (Lipinski definition) is 4. The molecule has 1 heterocycles. The number of para-hydroxylation sites is 1. The molecule has 0 aliphatic carbocycles. The van der Waals surface area contributed by atoms with Gasteiger partial charge in [-0.25, -0.2) is 4.98 Å². The summed E-state index contributed by atoms with van der Waals surface area (Å²) in [7, 11) is 1.66. The molecule has 1 aromatic carbocycles. The lowest BCUT2D eigenvalue weighted by atomic mass is 10.1. The van der Waals surface area contributed by atoms with E-state index in [1.807, 2.05) is 31.2 Å². The molecule has 0 spiro atoms. The monoisotopic (exact) mass is 318 g/mol. The minimum absolute atomic E-state index is 0.0358. The number of amides is 1. The van der Waals surface area contributed by atoms with Crippen LogP contribution in [-0.4, -0.2) is 36.4 Å². The Morgan fingerprint density at radius 1 is 1.41 bits per heavy atom. The van der Waals surface area contributed by atoms with Crippen LogP contribution in [-0.2, 0) is 9.53 Å². The van der Waals surface area contributed by atoms with E-state index >= 15 is 0 Å². The first-order chi connectivity index (χ1) is 10.6. The lowest BCUT2D eigenvalue weighted by molar-refractivity contribution is -0.120. The Bertz CT molecular complexity index is 646. The van der Waals surface area contributed by atoms with Crippen molar-refractivity contribution in [1.82, 2.24) is 10.3 Å². The van der Waals surface area contributed by atoms with Crippen molar-refractivity contribution < 1.29 is 9.53 Å². The van der Waals surface area contributed by atoms with Gasteiger partial charge in [-0.2, -0.15) is 0 Å². The molecular formula is C17H22N2O2S. The first-order valence-corrected chi connectivity index (χ1v) is 8.29. The highest BCUT2D eigenvalue weighted by molar-refractivity contribution is 8.00. The van der Waals surface area contributed by atoms with Crippen molar-refractivity contribution in [3.8, 4) is 0 Å². The number of aromatic nitrogens is 1. The third-order valence-corrected chi connectivity index (χ3v) is 4.41. The number of nitrogens with one attached hydrogen (secondary N) is 1. The summed E-state index contributed by atoms with van der Waals surface area (Å²) in [4.78, 5) is 16.7. The van der Waals surface area contributed by atoms with Crippen LogP contribution in [0, 0.1) is 6.92 Å². The number of benzene rings is 1. The largest absolute Gasteiger partial charge is 0.385 e. The molecule has 1 aromatic heterocycles. The van der Waals surface area contributed by atoms with Crippen LogP contribution >= 0.6 is 11.8 Å². The van der Waals surface area contributed by atoms with Gasteiger partial charge in [0, 0.05) is 25.6 Å². The van der Waals surface area contributed by atoms with Crippen molar-refractivity contribution in [3.63, 3.8) is 0 Å². The Balaban J connectivity index is 1.99. The minimum atomic E-state index is -0.171. The van der Waals surface area contributed by atoms with Crippen LogP contribution in [0.2, 0.25) is 0 Å². The summed E-state index contributed by atoms with van der Waals surface area (Å²) in [5.74, 6) is 0.0358. The molecule has 0 aliphatic heterocycles. The summed E-state index contributed by atoms with van der Waals surface area (Å²) in [6.45, 7) is 5.28. The van der Waals surface area contributed by atoms with Crippen molar-refractivity contribution in [2.75, 3.05) is 20.3 Å². The summed E-state index contributed by atoms with van der Waals surface area (Å²) in [6, 6.07) is 10.1. The molecule has 22 heavy (non-hydrogen) atoms. The molecule has 2 rings (SSSR count). The number of aryl methyl sites for hydroxylation is 1. The topological polar surface area (TPSA) is 51.2 Å². The smallest absolute Gasteiger partial charge is 0.233 e. The SMILES string of the molecule is COCCCNC(=O)[C@H](C)Sc1cc(C)c2ccccc2n1. The molecule has 2 aromatic rings. The van der Waals surface area contributed by atoms with Gasteiger partial charge in [0.25, 0.3) is 0 Å². The van der Waals surface area contributed by atoms with Gasteiger partial charge in [-0.1, -0.05) is 30.0 Å². The van der Waals surface area contributed by atoms with Gasteiger partial charge >= 0.3 is 0 Å². The van der Waals surface area contributed by atoms with Crippen LogP contribution in [0.4, 0.5) is 0 Å². The number of nitrogens with zero attached hydrogens (tertiary/aromatic N) is 1. The zero-order valence-electron chi connectivity index (χ0n) is 13.3. The first kappa shape index (κ1) is 16.8. The van der Waals surface area contributed by atoms with E-state index in [0.717, 1.165) is 22.3 Å². The number of methoxy groups -OCH3 is 1. The summed E-state index contributed by atoms with van der Waals surface area (Å²) >= 11 is 1.49. The molecule has 0 saturated carbocycles. The maximum Gasteiger partial charge on any atom is 0.233 e. The Morgan fingerprint density at radius 3 is 2.95 bits per heavy atom. The molecule has 1 N–H and O–H groups in total. The Labute approximate surface area is 135 Å². The van der Waals surface area contributed by atoms with Gasteiger partial charge in [0.05, 0.1) is 15.8 Å². The number of hydrogen-bond donors (Lipinski definition) is 1. The Hall–Kier alpha value is -1.59. The zero-order chi connectivity index (χ0) is 15.9. The molecule has 0 fully saturated rings. The Morgan fingerprint density at radius 2 is 2.18 bits per heavy atom. The number of fused-ring (bicyclic) bond motifs is 1. The number of rotatable bonds is 7. The van der Waals surface area contributed by atoms with Crippen LogP contribution in [0.3, 0.4) is 0 Å². The third-order valence-electron chi connectivity index (χ3n) is 3.39. The van der Waals surface area contributed by atoms with Crippen molar-refractivity contribution in [1.29, 1.82) is 0 Å². The van der Waals surface area contributed by atoms with Gasteiger partial charge in [-0.15, -0.1) is 0 Å². The number of thioether (sulfide) groups is 1. The fourth-order valence-electron chi connectivity index (χ4n) is 2.19. The van der Waals surface area contributed by atoms with Crippen LogP contribution in [0.5, 0.6) is 0 Å². The second kappa shape index (κ2) is 8.15. The molecule has 0 saturated heterocycles. The molecule has 0 bridgehead atoms. The highest BCUT2D eigenvalue weighted by Gasteiger charge is 2.15. The molecule has 4 nitrogen and oxygen atoms in total. The number of ether oxygens (including phenoxy) is 1. The number of pyridine rings is 1. The van der Waals surface area contributed by atoms with E-state index in [9.17, 15) is 4.79 Å². The Kier molecular flexibility index (Phi) is 6.21. The van der Waals surface area contributed by atoms with Gasteiger partial charge in [-0.05, 0) is 38.0 Å². The van der Waals surface area contributed by atoms with Crippen molar-refractivity contribution >= 4 is 28.6 Å². The average Bonchev–Trinajstić information content (AvgIpc) is 2.51. The summed E-state index contributed by atoms with van der Waals surface area (Å²) in [5.41, 5.74) is 2.15. The molecule has 118 valence electrons. The first-order valence-electron chi connectivity index (χ1n) is 7.41. The molecule has 1 atom stereocenters. The predicted molar refractivity (Wildman–Crippen MR) is 91.3 cm³/mol. The van der Waals surface area contributed by atoms with Crippen molar-refractivity contribution in [3.05, 3.63) is 35.9 Å². The van der Waals surface area contributed by atoms with E-state index in [1.165, 1.54) is 17.3 Å². The molecule has 0 unspecified atom stereocenters. The van der Waals surface area contributed by atoms with Crippen molar-refractivity contribution in [2.45, 2.75) is 30.5 Å². The normalized spacial score (nSPS) is 12.3. The van der Waals surface area contributed by atoms with E-state index in [2.05, 4.69) is 23.3 Å². The second-order valence-electron chi connectivity index (χ2n) is 5.19. The maximum atomic E-state index is 12.1. The standard InChI is InChI=1S/C17H22N2O2S/c1-12-11-16(19-15-8-5-4-7-14(12)15)22-13(2)17(20)18-9-6-10-21-3/h4-5,7-8,11,13H,6,9-10H2,1-3H3,(H,18,20)/t13-/m0/s1. The molecule has 5 heteroatoms. The van der Waals surface area contributed by atoms with Gasteiger partial charge in [0.15, 0.2) is 0 Å². The lowest BCUT2D eigenvalue weighted by Gasteiger charge is -2.12. The van der Waals surface area contributed by atoms with Gasteiger partial charge in [0.2, 0.25) is 5.91 Å². The third kappa shape index (κ3) is 4.45. The van der Waals surface area contributed by atoms with E-state index in [-0.39, 0.29) is 11.2 Å².